The van der Waals surface area contributed by atoms with Crippen molar-refractivity contribution in [3.05, 3.63) is 40.1 Å². The van der Waals surface area contributed by atoms with Gasteiger partial charge in [-0.15, -0.1) is 10.2 Å². The molecular weight excluding hydrogens is 284 g/mol. The number of hydrogen-bond donors (Lipinski definition) is 1. The van der Waals surface area contributed by atoms with Gasteiger partial charge in [-0.3, -0.25) is 10.1 Å². The Morgan fingerprint density at radius 1 is 1.32 bits per heavy atom. The van der Waals surface area contributed by atoms with Gasteiger partial charge in [-0.05, 0) is 31.7 Å². The minimum absolute atomic E-state index is 0.0256. The van der Waals surface area contributed by atoms with Gasteiger partial charge in [0.05, 0.1) is 11.5 Å². The number of anilines is 1. The van der Waals surface area contributed by atoms with E-state index in [1.54, 1.807) is 6.07 Å². The first kappa shape index (κ1) is 13.2. The molecule has 0 saturated heterocycles. The summed E-state index contributed by atoms with van der Waals surface area (Å²) in [4.78, 5) is 14.6. The predicted molar refractivity (Wildman–Crippen MR) is 78.5 cm³/mol. The Hall–Kier alpha value is -2.51. The quantitative estimate of drug-likeness (QED) is 0.649. The molecule has 8 heteroatoms. The van der Waals surface area contributed by atoms with Crippen LogP contribution in [-0.4, -0.2) is 24.7 Å². The van der Waals surface area contributed by atoms with Gasteiger partial charge in [-0.2, -0.15) is 0 Å². The SMILES string of the molecule is O=[N+]([O-])c1cccnc1NCc1nnc(C2CC2)n1C1CC1. The molecule has 22 heavy (non-hydrogen) atoms. The summed E-state index contributed by atoms with van der Waals surface area (Å²) in [7, 11) is 0. The predicted octanol–water partition coefficient (Wildman–Crippen LogP) is 2.41. The third-order valence-electron chi connectivity index (χ3n) is 4.04. The molecule has 2 aromatic rings. The largest absolute Gasteiger partial charge is 0.357 e. The van der Waals surface area contributed by atoms with Gasteiger partial charge in [-0.1, -0.05) is 0 Å². The van der Waals surface area contributed by atoms with Gasteiger partial charge < -0.3 is 9.88 Å². The third kappa shape index (κ3) is 2.40. The van der Waals surface area contributed by atoms with E-state index in [0.29, 0.717) is 18.5 Å². The lowest BCUT2D eigenvalue weighted by Crippen LogP contribution is -2.11. The Bertz CT molecular complexity index is 720. The van der Waals surface area contributed by atoms with Crippen molar-refractivity contribution in [3.8, 4) is 0 Å². The molecule has 114 valence electrons. The Balaban J connectivity index is 1.56. The van der Waals surface area contributed by atoms with E-state index >= 15 is 0 Å². The van der Waals surface area contributed by atoms with Crippen LogP contribution in [0.3, 0.4) is 0 Å². The number of nitro groups is 1. The summed E-state index contributed by atoms with van der Waals surface area (Å²) in [5.74, 6) is 2.73. The summed E-state index contributed by atoms with van der Waals surface area (Å²) in [6, 6.07) is 3.50. The van der Waals surface area contributed by atoms with Gasteiger partial charge in [0.15, 0.2) is 5.82 Å². The van der Waals surface area contributed by atoms with Crippen LogP contribution in [0.5, 0.6) is 0 Å². The molecule has 2 aliphatic rings. The van der Waals surface area contributed by atoms with Gasteiger partial charge in [0.2, 0.25) is 5.82 Å². The fourth-order valence-electron chi connectivity index (χ4n) is 2.65. The van der Waals surface area contributed by atoms with E-state index < -0.39 is 4.92 Å². The smallest absolute Gasteiger partial charge is 0.311 e. The van der Waals surface area contributed by atoms with Gasteiger partial charge in [0.1, 0.15) is 5.82 Å². The molecule has 0 radical (unpaired) electrons. The third-order valence-corrected chi connectivity index (χ3v) is 4.04. The molecular formula is C14H16N6O2. The van der Waals surface area contributed by atoms with Crippen LogP contribution in [0.1, 0.15) is 49.3 Å². The van der Waals surface area contributed by atoms with Crippen LogP contribution in [0.2, 0.25) is 0 Å². The van der Waals surface area contributed by atoms with Crippen LogP contribution in [0, 0.1) is 10.1 Å². The van der Waals surface area contributed by atoms with Crippen molar-refractivity contribution in [2.75, 3.05) is 5.32 Å². The number of aromatic nitrogens is 4. The monoisotopic (exact) mass is 300 g/mol. The molecule has 0 spiro atoms. The van der Waals surface area contributed by atoms with Crippen molar-refractivity contribution >= 4 is 11.5 Å². The molecule has 0 aromatic carbocycles. The van der Waals surface area contributed by atoms with Gasteiger partial charge in [0.25, 0.3) is 0 Å². The lowest BCUT2D eigenvalue weighted by molar-refractivity contribution is -0.384. The minimum Gasteiger partial charge on any atom is -0.357 e. The summed E-state index contributed by atoms with van der Waals surface area (Å²) in [5, 5.41) is 22.7. The first-order valence-corrected chi connectivity index (χ1v) is 7.51. The van der Waals surface area contributed by atoms with E-state index in [0.717, 1.165) is 24.5 Å². The fourth-order valence-corrected chi connectivity index (χ4v) is 2.65. The lowest BCUT2D eigenvalue weighted by Gasteiger charge is -2.09. The van der Waals surface area contributed by atoms with Crippen molar-refractivity contribution in [1.29, 1.82) is 0 Å². The maximum absolute atomic E-state index is 11.0. The van der Waals surface area contributed by atoms with Crippen molar-refractivity contribution in [2.24, 2.45) is 0 Å². The van der Waals surface area contributed by atoms with E-state index in [4.69, 9.17) is 0 Å². The van der Waals surface area contributed by atoms with Gasteiger partial charge in [-0.25, -0.2) is 4.98 Å². The summed E-state index contributed by atoms with van der Waals surface area (Å²) < 4.78 is 2.22. The van der Waals surface area contributed by atoms with Crippen LogP contribution < -0.4 is 5.32 Å². The molecule has 2 aromatic heterocycles. The van der Waals surface area contributed by atoms with E-state index in [2.05, 4.69) is 25.1 Å². The van der Waals surface area contributed by atoms with Crippen molar-refractivity contribution < 1.29 is 4.92 Å². The molecule has 0 unspecified atom stereocenters. The highest BCUT2D eigenvalue weighted by molar-refractivity contribution is 5.55. The van der Waals surface area contributed by atoms with Crippen LogP contribution in [0.15, 0.2) is 18.3 Å². The Kier molecular flexibility index (Phi) is 3.02. The molecule has 2 heterocycles. The highest BCUT2D eigenvalue weighted by atomic mass is 16.6. The molecule has 0 aliphatic heterocycles. The van der Waals surface area contributed by atoms with E-state index in [1.807, 2.05) is 0 Å². The summed E-state index contributed by atoms with van der Waals surface area (Å²) in [5.41, 5.74) is -0.0256. The Labute approximate surface area is 126 Å². The molecule has 0 amide bonds. The average molecular weight is 300 g/mol. The molecule has 2 aliphatic carbocycles. The van der Waals surface area contributed by atoms with E-state index in [1.165, 1.54) is 25.1 Å². The van der Waals surface area contributed by atoms with Crippen molar-refractivity contribution in [3.63, 3.8) is 0 Å². The first-order chi connectivity index (χ1) is 10.7. The first-order valence-electron chi connectivity index (χ1n) is 7.51. The fraction of sp³-hybridized carbons (Fsp3) is 0.500. The molecule has 8 nitrogen and oxygen atoms in total. The zero-order valence-electron chi connectivity index (χ0n) is 12.0. The molecule has 2 saturated carbocycles. The van der Waals surface area contributed by atoms with Gasteiger partial charge >= 0.3 is 5.69 Å². The normalized spacial score (nSPS) is 17.5. The molecule has 4 rings (SSSR count). The van der Waals surface area contributed by atoms with E-state index in [9.17, 15) is 10.1 Å². The van der Waals surface area contributed by atoms with Crippen molar-refractivity contribution in [1.82, 2.24) is 19.7 Å². The molecule has 0 bridgehead atoms. The second-order valence-electron chi connectivity index (χ2n) is 5.83. The van der Waals surface area contributed by atoms with Crippen LogP contribution >= 0.6 is 0 Å². The maximum atomic E-state index is 11.0. The van der Waals surface area contributed by atoms with Gasteiger partial charge in [0, 0.05) is 24.2 Å². The Morgan fingerprint density at radius 3 is 2.82 bits per heavy atom. The zero-order chi connectivity index (χ0) is 15.1. The van der Waals surface area contributed by atoms with Crippen LogP contribution in [0.25, 0.3) is 0 Å². The minimum atomic E-state index is -0.434. The second-order valence-corrected chi connectivity index (χ2v) is 5.83. The number of hydrogen-bond acceptors (Lipinski definition) is 6. The molecule has 2 fully saturated rings. The summed E-state index contributed by atoms with van der Waals surface area (Å²) in [6.07, 6.45) is 6.23. The van der Waals surface area contributed by atoms with Crippen LogP contribution in [0.4, 0.5) is 11.5 Å². The highest BCUT2D eigenvalue weighted by Gasteiger charge is 2.36. The topological polar surface area (TPSA) is 98.8 Å². The number of rotatable bonds is 6. The summed E-state index contributed by atoms with van der Waals surface area (Å²) in [6.45, 7) is 0.397. The number of pyridine rings is 1. The van der Waals surface area contributed by atoms with E-state index in [-0.39, 0.29) is 11.5 Å². The second kappa shape index (κ2) is 5.04. The zero-order valence-corrected chi connectivity index (χ0v) is 12.0. The average Bonchev–Trinajstić information content (AvgIpc) is 3.44. The number of nitrogens with one attached hydrogen (secondary N) is 1. The number of nitrogens with zero attached hydrogens (tertiary/aromatic N) is 5. The standard InChI is InChI=1S/C14H16N6O2/c21-20(22)11-2-1-7-15-13(11)16-8-12-17-18-14(9-3-4-9)19(12)10-5-6-10/h1-2,7,9-10H,3-6,8H2,(H,15,16). The maximum Gasteiger partial charge on any atom is 0.311 e. The highest BCUT2D eigenvalue weighted by Crippen LogP contribution is 2.44. The lowest BCUT2D eigenvalue weighted by atomic mass is 10.3. The summed E-state index contributed by atoms with van der Waals surface area (Å²) >= 11 is 0. The van der Waals surface area contributed by atoms with Crippen LogP contribution in [-0.2, 0) is 6.54 Å². The molecule has 1 N–H and O–H groups in total. The Morgan fingerprint density at radius 2 is 2.14 bits per heavy atom. The molecule has 0 atom stereocenters. The van der Waals surface area contributed by atoms with Crippen molar-refractivity contribution in [2.45, 2.75) is 44.2 Å².